The summed E-state index contributed by atoms with van der Waals surface area (Å²) >= 11 is 0. The highest BCUT2D eigenvalue weighted by Crippen LogP contribution is 2.27. The van der Waals surface area contributed by atoms with Gasteiger partial charge in [-0.05, 0) is 50.3 Å². The molecular formula is C27H37N3O4S. The van der Waals surface area contributed by atoms with Crippen LogP contribution in [-0.2, 0) is 26.2 Å². The second-order valence-corrected chi connectivity index (χ2v) is 11.4. The summed E-state index contributed by atoms with van der Waals surface area (Å²) in [5.74, 6) is -0.632. The summed E-state index contributed by atoms with van der Waals surface area (Å²) in [5.41, 5.74) is 2.90. The molecule has 1 aliphatic carbocycles. The van der Waals surface area contributed by atoms with Crippen molar-refractivity contribution in [2.75, 3.05) is 17.1 Å². The monoisotopic (exact) mass is 499 g/mol. The molecule has 8 heteroatoms. The molecule has 2 aromatic carbocycles. The van der Waals surface area contributed by atoms with Gasteiger partial charge in [0.15, 0.2) is 0 Å². The molecule has 0 spiro atoms. The lowest BCUT2D eigenvalue weighted by Gasteiger charge is -2.33. The summed E-state index contributed by atoms with van der Waals surface area (Å²) in [4.78, 5) is 28.3. The number of nitrogens with zero attached hydrogens (tertiary/aromatic N) is 2. The molecule has 0 aliphatic heterocycles. The molecule has 0 radical (unpaired) electrons. The minimum Gasteiger partial charge on any atom is -0.352 e. The van der Waals surface area contributed by atoms with Crippen molar-refractivity contribution in [3.8, 4) is 0 Å². The first-order valence-electron chi connectivity index (χ1n) is 12.3. The molecule has 190 valence electrons. The van der Waals surface area contributed by atoms with Crippen LogP contribution in [0.3, 0.4) is 0 Å². The van der Waals surface area contributed by atoms with E-state index in [1.165, 1.54) is 11.3 Å². The van der Waals surface area contributed by atoms with Crippen molar-refractivity contribution in [3.63, 3.8) is 0 Å². The van der Waals surface area contributed by atoms with Crippen molar-refractivity contribution in [3.05, 3.63) is 65.2 Å². The van der Waals surface area contributed by atoms with Gasteiger partial charge >= 0.3 is 0 Å². The zero-order chi connectivity index (χ0) is 25.6. The lowest BCUT2D eigenvalue weighted by molar-refractivity contribution is -0.139. The van der Waals surface area contributed by atoms with Gasteiger partial charge in [-0.2, -0.15) is 0 Å². The molecule has 0 heterocycles. The van der Waals surface area contributed by atoms with Crippen LogP contribution in [0.25, 0.3) is 0 Å². The molecule has 1 aliphatic rings. The maximum Gasteiger partial charge on any atom is 0.244 e. The minimum absolute atomic E-state index is 0.120. The van der Waals surface area contributed by atoms with E-state index in [4.69, 9.17) is 0 Å². The fourth-order valence-electron chi connectivity index (χ4n) is 4.71. The molecule has 2 amide bonds. The van der Waals surface area contributed by atoms with Crippen molar-refractivity contribution in [2.45, 2.75) is 71.5 Å². The maximum absolute atomic E-state index is 13.7. The summed E-state index contributed by atoms with van der Waals surface area (Å²) in [6, 6.07) is 14.3. The molecule has 0 bridgehead atoms. The molecular weight excluding hydrogens is 462 g/mol. The Hall–Kier alpha value is -2.87. The molecule has 2 aromatic rings. The quantitative estimate of drug-likeness (QED) is 0.566. The Kier molecular flexibility index (Phi) is 8.94. The van der Waals surface area contributed by atoms with Gasteiger partial charge in [0.1, 0.15) is 12.6 Å². The normalized spacial score (nSPS) is 15.3. The molecule has 1 N–H and O–H groups in total. The highest BCUT2D eigenvalue weighted by molar-refractivity contribution is 7.92. The van der Waals surface area contributed by atoms with Crippen LogP contribution < -0.4 is 9.62 Å². The first-order valence-corrected chi connectivity index (χ1v) is 14.1. The van der Waals surface area contributed by atoms with E-state index in [2.05, 4.69) is 5.32 Å². The topological polar surface area (TPSA) is 86.8 Å². The van der Waals surface area contributed by atoms with E-state index in [9.17, 15) is 18.0 Å². The van der Waals surface area contributed by atoms with Crippen LogP contribution in [-0.4, -0.2) is 50.0 Å². The number of aryl methyl sites for hydroxylation is 2. The minimum atomic E-state index is -3.75. The standard InChI is InChI=1S/C27H37N3O4S/c1-20-12-11-13-21(2)26(20)30(35(4,33)34)19-25(31)29(18-23-14-7-5-8-15-23)22(3)27(32)28-24-16-9-6-10-17-24/h5,7-8,11-15,22,24H,6,9-10,16-19H2,1-4H3,(H,28,32). The molecule has 1 atom stereocenters. The van der Waals surface area contributed by atoms with E-state index < -0.39 is 22.0 Å². The second-order valence-electron chi connectivity index (χ2n) is 9.54. The predicted molar refractivity (Wildman–Crippen MR) is 140 cm³/mol. The van der Waals surface area contributed by atoms with Crippen LogP contribution in [0.4, 0.5) is 5.69 Å². The first-order chi connectivity index (χ1) is 16.6. The number of amides is 2. The van der Waals surface area contributed by atoms with Gasteiger partial charge in [-0.3, -0.25) is 13.9 Å². The molecule has 35 heavy (non-hydrogen) atoms. The Morgan fingerprint density at radius 3 is 2.14 bits per heavy atom. The van der Waals surface area contributed by atoms with Crippen molar-refractivity contribution in [2.24, 2.45) is 0 Å². The molecule has 3 rings (SSSR count). The number of para-hydroxylation sites is 1. The van der Waals surface area contributed by atoms with Gasteiger partial charge < -0.3 is 10.2 Å². The SMILES string of the molecule is Cc1cccc(C)c1N(CC(=O)N(Cc1ccccc1)C(C)C(=O)NC1CCCCC1)S(C)(=O)=O. The zero-order valence-corrected chi connectivity index (χ0v) is 22.0. The maximum atomic E-state index is 13.7. The Morgan fingerprint density at radius 1 is 0.971 bits per heavy atom. The van der Waals surface area contributed by atoms with E-state index in [0.717, 1.165) is 52.9 Å². The lowest BCUT2D eigenvalue weighted by Crippen LogP contribution is -2.53. The van der Waals surface area contributed by atoms with Crippen molar-refractivity contribution in [1.29, 1.82) is 0 Å². The Labute approximate surface area is 209 Å². The fraction of sp³-hybridized carbons (Fsp3) is 0.481. The van der Waals surface area contributed by atoms with Crippen LogP contribution in [0.15, 0.2) is 48.5 Å². The zero-order valence-electron chi connectivity index (χ0n) is 21.2. The van der Waals surface area contributed by atoms with E-state index in [1.54, 1.807) is 6.92 Å². The summed E-state index contributed by atoms with van der Waals surface area (Å²) in [6.07, 6.45) is 6.35. The van der Waals surface area contributed by atoms with Crippen LogP contribution in [0.2, 0.25) is 0 Å². The van der Waals surface area contributed by atoms with Gasteiger partial charge in [0.2, 0.25) is 21.8 Å². The number of carbonyl (C=O) groups excluding carboxylic acids is 2. The van der Waals surface area contributed by atoms with Gasteiger partial charge in [-0.25, -0.2) is 8.42 Å². The lowest BCUT2D eigenvalue weighted by atomic mass is 9.95. The number of anilines is 1. The van der Waals surface area contributed by atoms with Gasteiger partial charge in [-0.1, -0.05) is 67.8 Å². The number of hydrogen-bond donors (Lipinski definition) is 1. The molecule has 0 aromatic heterocycles. The smallest absolute Gasteiger partial charge is 0.244 e. The van der Waals surface area contributed by atoms with Crippen molar-refractivity contribution in [1.82, 2.24) is 10.2 Å². The average Bonchev–Trinajstić information content (AvgIpc) is 2.82. The number of carbonyl (C=O) groups is 2. The summed E-state index contributed by atoms with van der Waals surface area (Å²) in [6.45, 7) is 5.20. The number of rotatable bonds is 9. The fourth-order valence-corrected chi connectivity index (χ4v) is 5.67. The van der Waals surface area contributed by atoms with Crippen molar-refractivity contribution >= 4 is 27.5 Å². The van der Waals surface area contributed by atoms with Crippen LogP contribution in [0.1, 0.15) is 55.7 Å². The average molecular weight is 500 g/mol. The third-order valence-electron chi connectivity index (χ3n) is 6.68. The molecule has 1 saturated carbocycles. The van der Waals surface area contributed by atoms with E-state index in [0.29, 0.717) is 5.69 Å². The van der Waals surface area contributed by atoms with Gasteiger partial charge in [0, 0.05) is 12.6 Å². The third kappa shape index (κ3) is 7.07. The van der Waals surface area contributed by atoms with Gasteiger partial charge in [-0.15, -0.1) is 0 Å². The van der Waals surface area contributed by atoms with E-state index in [1.807, 2.05) is 62.4 Å². The van der Waals surface area contributed by atoms with Crippen LogP contribution in [0.5, 0.6) is 0 Å². The number of nitrogens with one attached hydrogen (secondary N) is 1. The van der Waals surface area contributed by atoms with Gasteiger partial charge in [0.25, 0.3) is 0 Å². The highest BCUT2D eigenvalue weighted by atomic mass is 32.2. The number of benzene rings is 2. The second kappa shape index (κ2) is 11.7. The largest absolute Gasteiger partial charge is 0.352 e. The Balaban J connectivity index is 1.89. The summed E-state index contributed by atoms with van der Waals surface area (Å²) < 4.78 is 26.7. The number of hydrogen-bond acceptors (Lipinski definition) is 4. The molecule has 1 unspecified atom stereocenters. The third-order valence-corrected chi connectivity index (χ3v) is 7.80. The first kappa shape index (κ1) is 26.7. The summed E-state index contributed by atoms with van der Waals surface area (Å²) in [7, 11) is -3.75. The van der Waals surface area contributed by atoms with E-state index in [-0.39, 0.29) is 25.0 Å². The Morgan fingerprint density at radius 2 is 1.57 bits per heavy atom. The number of sulfonamides is 1. The summed E-state index contributed by atoms with van der Waals surface area (Å²) in [5, 5.41) is 3.11. The Bertz CT molecular complexity index is 1110. The van der Waals surface area contributed by atoms with Gasteiger partial charge in [0.05, 0.1) is 11.9 Å². The van der Waals surface area contributed by atoms with Crippen LogP contribution in [0, 0.1) is 13.8 Å². The van der Waals surface area contributed by atoms with Crippen molar-refractivity contribution < 1.29 is 18.0 Å². The molecule has 1 fully saturated rings. The predicted octanol–water partition coefficient (Wildman–Crippen LogP) is 3.94. The molecule has 0 saturated heterocycles. The van der Waals surface area contributed by atoms with E-state index >= 15 is 0 Å². The molecule has 7 nitrogen and oxygen atoms in total. The highest BCUT2D eigenvalue weighted by Gasteiger charge is 2.32. The van der Waals surface area contributed by atoms with Crippen LogP contribution >= 0.6 is 0 Å².